The molecule has 0 unspecified atom stereocenters. The molecule has 0 radical (unpaired) electrons. The van der Waals surface area contributed by atoms with Gasteiger partial charge in [-0.15, -0.1) is 0 Å². The van der Waals surface area contributed by atoms with Crippen molar-refractivity contribution in [1.29, 1.82) is 0 Å². The van der Waals surface area contributed by atoms with Gasteiger partial charge in [-0.1, -0.05) is 22.9 Å². The van der Waals surface area contributed by atoms with Gasteiger partial charge in [-0.2, -0.15) is 0 Å². The van der Waals surface area contributed by atoms with E-state index in [-0.39, 0.29) is 10.6 Å². The standard InChI is InChI=1S/C15H12ClFN4O3S/c1-6(19-14-18-5-12(25-14)21-15(23)24)8-2-7-3-9(16)10(17)4-11(7)20-13(8)22/h2-6,21H,1H3,(H,18,19)(H,20,22)(H,23,24)/t6-/m0/s1. The van der Waals surface area contributed by atoms with E-state index in [1.165, 1.54) is 18.3 Å². The molecule has 0 bridgehead atoms. The van der Waals surface area contributed by atoms with Gasteiger partial charge in [-0.05, 0) is 25.1 Å². The van der Waals surface area contributed by atoms with Crippen LogP contribution in [0.25, 0.3) is 10.9 Å². The van der Waals surface area contributed by atoms with Crippen LogP contribution < -0.4 is 16.2 Å². The average molecular weight is 383 g/mol. The fraction of sp³-hybridized carbons (Fsp3) is 0.133. The van der Waals surface area contributed by atoms with Crippen LogP contribution in [0.4, 0.5) is 19.3 Å². The van der Waals surface area contributed by atoms with E-state index in [9.17, 15) is 14.0 Å². The van der Waals surface area contributed by atoms with Crippen molar-refractivity contribution >= 4 is 50.1 Å². The summed E-state index contributed by atoms with van der Waals surface area (Å²) in [6.07, 6.45) is 0.194. The van der Waals surface area contributed by atoms with Crippen molar-refractivity contribution in [3.05, 3.63) is 51.2 Å². The second-order valence-electron chi connectivity index (χ2n) is 5.23. The highest BCUT2D eigenvalue weighted by Crippen LogP contribution is 2.27. The molecule has 0 aliphatic carbocycles. The van der Waals surface area contributed by atoms with Crippen LogP contribution in [0.1, 0.15) is 18.5 Å². The van der Waals surface area contributed by atoms with Gasteiger partial charge in [0.2, 0.25) is 0 Å². The molecule has 0 spiro atoms. The van der Waals surface area contributed by atoms with E-state index in [0.29, 0.717) is 26.6 Å². The minimum Gasteiger partial charge on any atom is -0.465 e. The molecule has 130 valence electrons. The molecule has 7 nitrogen and oxygen atoms in total. The molecule has 2 heterocycles. The second-order valence-corrected chi connectivity index (χ2v) is 6.67. The third kappa shape index (κ3) is 3.72. The third-order valence-corrected chi connectivity index (χ3v) is 4.59. The summed E-state index contributed by atoms with van der Waals surface area (Å²) in [5.74, 6) is -0.606. The van der Waals surface area contributed by atoms with E-state index in [1.54, 1.807) is 13.0 Å². The van der Waals surface area contributed by atoms with E-state index < -0.39 is 18.0 Å². The molecule has 1 atom stereocenters. The number of aromatic amines is 1. The van der Waals surface area contributed by atoms with Crippen molar-refractivity contribution in [1.82, 2.24) is 9.97 Å². The lowest BCUT2D eigenvalue weighted by Crippen LogP contribution is -2.19. The number of amides is 1. The van der Waals surface area contributed by atoms with E-state index in [4.69, 9.17) is 16.7 Å². The maximum absolute atomic E-state index is 13.5. The Morgan fingerprint density at radius 3 is 2.92 bits per heavy atom. The van der Waals surface area contributed by atoms with Crippen LogP contribution in [-0.4, -0.2) is 21.2 Å². The maximum atomic E-state index is 13.5. The fourth-order valence-electron chi connectivity index (χ4n) is 2.31. The van der Waals surface area contributed by atoms with E-state index in [1.807, 2.05) is 0 Å². The molecule has 0 aliphatic heterocycles. The van der Waals surface area contributed by atoms with Crippen molar-refractivity contribution in [2.45, 2.75) is 13.0 Å². The zero-order valence-electron chi connectivity index (χ0n) is 12.8. The molecule has 0 aliphatic rings. The minimum absolute atomic E-state index is 0.0320. The Hall–Kier alpha value is -2.65. The highest BCUT2D eigenvalue weighted by Gasteiger charge is 2.14. The SMILES string of the molecule is C[C@H](Nc1ncc(NC(=O)O)s1)c1cc2cc(Cl)c(F)cc2[nH]c1=O. The molecule has 1 amide bonds. The number of nitrogens with zero attached hydrogens (tertiary/aromatic N) is 1. The average Bonchev–Trinajstić information content (AvgIpc) is 2.94. The summed E-state index contributed by atoms with van der Waals surface area (Å²) < 4.78 is 13.5. The normalized spacial score (nSPS) is 12.1. The lowest BCUT2D eigenvalue weighted by Gasteiger charge is -2.13. The van der Waals surface area contributed by atoms with Crippen LogP contribution in [-0.2, 0) is 0 Å². The Kier molecular flexibility index (Phi) is 4.60. The van der Waals surface area contributed by atoms with Crippen LogP contribution in [0, 0.1) is 5.82 Å². The number of fused-ring (bicyclic) bond motifs is 1. The minimum atomic E-state index is -1.18. The fourth-order valence-corrected chi connectivity index (χ4v) is 3.27. The summed E-state index contributed by atoms with van der Waals surface area (Å²) in [7, 11) is 0. The number of nitrogens with one attached hydrogen (secondary N) is 3. The summed E-state index contributed by atoms with van der Waals surface area (Å²) >= 11 is 6.89. The van der Waals surface area contributed by atoms with E-state index in [2.05, 4.69) is 20.6 Å². The van der Waals surface area contributed by atoms with Gasteiger partial charge in [0.25, 0.3) is 5.56 Å². The van der Waals surface area contributed by atoms with Gasteiger partial charge in [-0.3, -0.25) is 10.1 Å². The van der Waals surface area contributed by atoms with Crippen molar-refractivity contribution in [2.24, 2.45) is 0 Å². The number of hydrogen-bond donors (Lipinski definition) is 4. The van der Waals surface area contributed by atoms with Crippen molar-refractivity contribution in [2.75, 3.05) is 10.6 Å². The van der Waals surface area contributed by atoms with E-state index in [0.717, 1.165) is 11.3 Å². The molecular formula is C15H12ClFN4O3S. The number of H-pyrrole nitrogens is 1. The molecule has 10 heteroatoms. The maximum Gasteiger partial charge on any atom is 0.409 e. The summed E-state index contributed by atoms with van der Waals surface area (Å²) in [5, 5.41) is 15.3. The van der Waals surface area contributed by atoms with Crippen molar-refractivity contribution < 1.29 is 14.3 Å². The number of anilines is 2. The number of pyridine rings is 1. The van der Waals surface area contributed by atoms with Gasteiger partial charge in [-0.25, -0.2) is 14.2 Å². The number of hydrogen-bond acceptors (Lipinski definition) is 5. The number of rotatable bonds is 4. The topological polar surface area (TPSA) is 107 Å². The summed E-state index contributed by atoms with van der Waals surface area (Å²) in [6.45, 7) is 1.76. The van der Waals surface area contributed by atoms with Crippen LogP contribution in [0.5, 0.6) is 0 Å². The van der Waals surface area contributed by atoms with Crippen LogP contribution in [0.15, 0.2) is 29.2 Å². The molecule has 0 saturated carbocycles. The Labute approximate surface area is 149 Å². The molecule has 0 fully saturated rings. The lowest BCUT2D eigenvalue weighted by atomic mass is 10.1. The Morgan fingerprint density at radius 2 is 2.20 bits per heavy atom. The number of benzene rings is 1. The molecule has 1 aromatic carbocycles. The Morgan fingerprint density at radius 1 is 1.44 bits per heavy atom. The smallest absolute Gasteiger partial charge is 0.409 e. The van der Waals surface area contributed by atoms with Crippen LogP contribution >= 0.6 is 22.9 Å². The van der Waals surface area contributed by atoms with E-state index >= 15 is 0 Å². The second kappa shape index (κ2) is 6.69. The molecule has 3 aromatic rings. The Balaban J connectivity index is 1.88. The molecule has 0 saturated heterocycles. The first-order chi connectivity index (χ1) is 11.8. The highest BCUT2D eigenvalue weighted by molar-refractivity contribution is 7.19. The van der Waals surface area contributed by atoms with Gasteiger partial charge < -0.3 is 15.4 Å². The number of carboxylic acid groups (broad SMARTS) is 1. The first-order valence-corrected chi connectivity index (χ1v) is 8.27. The van der Waals surface area contributed by atoms with Gasteiger partial charge in [0.15, 0.2) is 5.13 Å². The number of halogens is 2. The zero-order chi connectivity index (χ0) is 18.1. The predicted molar refractivity (Wildman–Crippen MR) is 95.3 cm³/mol. The summed E-state index contributed by atoms with van der Waals surface area (Å²) in [6, 6.07) is 3.82. The molecular weight excluding hydrogens is 371 g/mol. The number of carbonyl (C=O) groups is 1. The third-order valence-electron chi connectivity index (χ3n) is 3.46. The molecule has 3 rings (SSSR count). The Bertz CT molecular complexity index is 1020. The van der Waals surface area contributed by atoms with Gasteiger partial charge in [0.05, 0.1) is 22.8 Å². The predicted octanol–water partition coefficient (Wildman–Crippen LogP) is 4.04. The molecule has 4 N–H and O–H groups in total. The quantitative estimate of drug-likeness (QED) is 0.544. The van der Waals surface area contributed by atoms with Gasteiger partial charge in [0, 0.05) is 10.9 Å². The molecule has 2 aromatic heterocycles. The molecule has 25 heavy (non-hydrogen) atoms. The van der Waals surface area contributed by atoms with Crippen LogP contribution in [0.2, 0.25) is 5.02 Å². The van der Waals surface area contributed by atoms with Gasteiger partial charge >= 0.3 is 6.09 Å². The monoisotopic (exact) mass is 382 g/mol. The number of thiazole rings is 1. The summed E-state index contributed by atoms with van der Waals surface area (Å²) in [5.41, 5.74) is 0.401. The lowest BCUT2D eigenvalue weighted by molar-refractivity contribution is 0.210. The number of aromatic nitrogens is 2. The highest BCUT2D eigenvalue weighted by atomic mass is 35.5. The van der Waals surface area contributed by atoms with Crippen molar-refractivity contribution in [3.63, 3.8) is 0 Å². The summed E-state index contributed by atoms with van der Waals surface area (Å²) in [4.78, 5) is 29.5. The first kappa shape index (κ1) is 17.2. The van der Waals surface area contributed by atoms with Gasteiger partial charge in [0.1, 0.15) is 10.8 Å². The largest absolute Gasteiger partial charge is 0.465 e. The first-order valence-electron chi connectivity index (χ1n) is 7.08. The zero-order valence-corrected chi connectivity index (χ0v) is 14.3. The van der Waals surface area contributed by atoms with Crippen molar-refractivity contribution in [3.8, 4) is 0 Å². The van der Waals surface area contributed by atoms with Crippen LogP contribution in [0.3, 0.4) is 0 Å².